The minimum Gasteiger partial charge on any atom is -0.478 e. The Morgan fingerprint density at radius 3 is 2.65 bits per heavy atom. The maximum absolute atomic E-state index is 11.8. The first kappa shape index (κ1) is 18.5. The Morgan fingerprint density at radius 2 is 2.04 bits per heavy atom. The lowest BCUT2D eigenvalue weighted by Crippen LogP contribution is -2.51. The summed E-state index contributed by atoms with van der Waals surface area (Å²) in [6, 6.07) is 0. The summed E-state index contributed by atoms with van der Waals surface area (Å²) in [7, 11) is 0. The quantitative estimate of drug-likeness (QED) is 0.748. The van der Waals surface area contributed by atoms with Gasteiger partial charge < -0.3 is 10.2 Å². The number of rotatable bonds is 6. The second kappa shape index (κ2) is 6.96. The molecule has 2 N–H and O–H groups in total. The average Bonchev–Trinajstić information content (AvgIpc) is 2.49. The van der Waals surface area contributed by atoms with Crippen molar-refractivity contribution in [2.24, 2.45) is 28.6 Å². The van der Waals surface area contributed by atoms with Crippen LogP contribution in [0.15, 0.2) is 11.6 Å². The van der Waals surface area contributed by atoms with Gasteiger partial charge in [0.2, 0.25) is 0 Å². The Balaban J connectivity index is 2.25. The van der Waals surface area contributed by atoms with E-state index >= 15 is 0 Å². The highest BCUT2D eigenvalue weighted by Gasteiger charge is 2.55. The molecule has 0 aromatic rings. The Labute approximate surface area is 141 Å². The summed E-state index contributed by atoms with van der Waals surface area (Å²) < 4.78 is 0. The van der Waals surface area contributed by atoms with E-state index in [4.69, 9.17) is 5.11 Å². The van der Waals surface area contributed by atoms with E-state index in [0.717, 1.165) is 44.9 Å². The molecule has 0 heterocycles. The van der Waals surface area contributed by atoms with Gasteiger partial charge in [0.1, 0.15) is 0 Å². The topological polar surface area (TPSA) is 57.5 Å². The van der Waals surface area contributed by atoms with Gasteiger partial charge in [-0.15, -0.1) is 0 Å². The summed E-state index contributed by atoms with van der Waals surface area (Å²) in [4.78, 5) is 11.8. The van der Waals surface area contributed by atoms with Crippen molar-refractivity contribution in [1.82, 2.24) is 0 Å². The standard InChI is InChI=1S/C20H34O3/c1-14(10-13-21)8-11-19(3)15(2)9-12-20(4)16(18(22)23)6-5-7-17(19)20/h6,14-15,17,21H,5,7-13H2,1-4H3,(H,22,23)/t14-,15-,17-,19+,20-/m1/s1. The molecule has 1 fully saturated rings. The molecule has 0 radical (unpaired) electrons. The number of allylic oxidation sites excluding steroid dienone is 1. The van der Waals surface area contributed by atoms with Crippen molar-refractivity contribution in [2.75, 3.05) is 6.61 Å². The van der Waals surface area contributed by atoms with Crippen molar-refractivity contribution in [3.63, 3.8) is 0 Å². The first-order valence-electron chi connectivity index (χ1n) is 9.30. The molecule has 2 aliphatic rings. The molecule has 5 atom stereocenters. The van der Waals surface area contributed by atoms with E-state index in [9.17, 15) is 9.90 Å². The van der Waals surface area contributed by atoms with Crippen molar-refractivity contribution in [3.8, 4) is 0 Å². The third kappa shape index (κ3) is 3.35. The second-order valence-corrected chi connectivity index (χ2v) is 8.57. The maximum Gasteiger partial charge on any atom is 0.331 e. The lowest BCUT2D eigenvalue weighted by atomic mass is 9.46. The minimum absolute atomic E-state index is 0.175. The molecule has 0 spiro atoms. The van der Waals surface area contributed by atoms with Crippen LogP contribution in [0.3, 0.4) is 0 Å². The number of fused-ring (bicyclic) bond motifs is 1. The molecule has 0 aromatic heterocycles. The molecule has 3 nitrogen and oxygen atoms in total. The highest BCUT2D eigenvalue weighted by molar-refractivity contribution is 5.88. The van der Waals surface area contributed by atoms with Crippen LogP contribution < -0.4 is 0 Å². The van der Waals surface area contributed by atoms with E-state index in [-0.39, 0.29) is 17.4 Å². The number of aliphatic carboxylic acids is 1. The van der Waals surface area contributed by atoms with Crippen molar-refractivity contribution >= 4 is 5.97 Å². The SMILES string of the molecule is C[C@@H](CCO)CC[C@@]1(C)[C@H](C)CC[C@]2(C)C(C(=O)O)=CCC[C@H]12. The monoisotopic (exact) mass is 322 g/mol. The number of aliphatic hydroxyl groups excluding tert-OH is 1. The second-order valence-electron chi connectivity index (χ2n) is 8.57. The third-order valence-electron chi connectivity index (χ3n) is 7.23. The van der Waals surface area contributed by atoms with Crippen LogP contribution in [0.2, 0.25) is 0 Å². The van der Waals surface area contributed by atoms with Gasteiger partial charge in [-0.2, -0.15) is 0 Å². The van der Waals surface area contributed by atoms with Crippen LogP contribution >= 0.6 is 0 Å². The van der Waals surface area contributed by atoms with E-state index in [1.54, 1.807) is 0 Å². The summed E-state index contributed by atoms with van der Waals surface area (Å²) >= 11 is 0. The van der Waals surface area contributed by atoms with Gasteiger partial charge in [-0.05, 0) is 61.7 Å². The summed E-state index contributed by atoms with van der Waals surface area (Å²) in [6.45, 7) is 9.43. The van der Waals surface area contributed by atoms with Gasteiger partial charge in [0, 0.05) is 17.6 Å². The fourth-order valence-corrected chi connectivity index (χ4v) is 5.36. The first-order chi connectivity index (χ1) is 10.8. The average molecular weight is 322 g/mol. The Bertz CT molecular complexity index is 470. The highest BCUT2D eigenvalue weighted by atomic mass is 16.4. The predicted molar refractivity (Wildman–Crippen MR) is 93.2 cm³/mol. The van der Waals surface area contributed by atoms with Crippen LogP contribution in [-0.4, -0.2) is 22.8 Å². The van der Waals surface area contributed by atoms with Gasteiger partial charge in [0.15, 0.2) is 0 Å². The molecule has 0 amide bonds. The summed E-state index contributed by atoms with van der Waals surface area (Å²) in [5.41, 5.74) is 0.687. The lowest BCUT2D eigenvalue weighted by molar-refractivity contribution is -0.137. The zero-order chi connectivity index (χ0) is 17.3. The van der Waals surface area contributed by atoms with Crippen molar-refractivity contribution in [3.05, 3.63) is 11.6 Å². The molecule has 0 unspecified atom stereocenters. The van der Waals surface area contributed by atoms with Crippen LogP contribution in [0.4, 0.5) is 0 Å². The van der Waals surface area contributed by atoms with Crippen LogP contribution in [-0.2, 0) is 4.79 Å². The number of carbonyl (C=O) groups is 1. The third-order valence-corrected chi connectivity index (χ3v) is 7.23. The Hall–Kier alpha value is -0.830. The molecule has 132 valence electrons. The Kier molecular flexibility index (Phi) is 5.60. The van der Waals surface area contributed by atoms with Gasteiger partial charge in [-0.3, -0.25) is 0 Å². The van der Waals surface area contributed by atoms with Gasteiger partial charge in [-0.25, -0.2) is 4.79 Å². The van der Waals surface area contributed by atoms with E-state index in [1.807, 2.05) is 6.08 Å². The summed E-state index contributed by atoms with van der Waals surface area (Å²) in [5, 5.41) is 18.8. The summed E-state index contributed by atoms with van der Waals surface area (Å²) in [5.74, 6) is 0.907. The molecule has 2 aliphatic carbocycles. The fourth-order valence-electron chi connectivity index (χ4n) is 5.36. The normalized spacial score (nSPS) is 38.6. The number of carboxylic acid groups (broad SMARTS) is 1. The largest absolute Gasteiger partial charge is 0.478 e. The zero-order valence-corrected chi connectivity index (χ0v) is 15.3. The molecule has 0 saturated heterocycles. The van der Waals surface area contributed by atoms with Gasteiger partial charge in [0.05, 0.1) is 0 Å². The van der Waals surface area contributed by atoms with E-state index < -0.39 is 5.97 Å². The molecule has 2 rings (SSSR count). The van der Waals surface area contributed by atoms with E-state index in [1.165, 1.54) is 0 Å². The Morgan fingerprint density at radius 1 is 1.35 bits per heavy atom. The number of hydrogen-bond acceptors (Lipinski definition) is 2. The molecule has 0 aliphatic heterocycles. The predicted octanol–water partition coefficient (Wildman–Crippen LogP) is 4.65. The fraction of sp³-hybridized carbons (Fsp3) is 0.850. The van der Waals surface area contributed by atoms with Gasteiger partial charge in [-0.1, -0.05) is 40.2 Å². The van der Waals surface area contributed by atoms with Crippen LogP contribution in [0.5, 0.6) is 0 Å². The van der Waals surface area contributed by atoms with E-state index in [2.05, 4.69) is 27.7 Å². The smallest absolute Gasteiger partial charge is 0.331 e. The minimum atomic E-state index is -0.720. The highest BCUT2D eigenvalue weighted by Crippen LogP contribution is 2.62. The van der Waals surface area contributed by atoms with Crippen molar-refractivity contribution in [1.29, 1.82) is 0 Å². The molecule has 23 heavy (non-hydrogen) atoms. The molecule has 3 heteroatoms. The summed E-state index contributed by atoms with van der Waals surface area (Å²) in [6.07, 6.45) is 9.24. The first-order valence-corrected chi connectivity index (χ1v) is 9.30. The van der Waals surface area contributed by atoms with Crippen LogP contribution in [0.1, 0.15) is 72.6 Å². The van der Waals surface area contributed by atoms with E-state index in [0.29, 0.717) is 23.3 Å². The molecule has 0 bridgehead atoms. The molecule has 0 aromatic carbocycles. The molecular formula is C20H34O3. The van der Waals surface area contributed by atoms with Gasteiger partial charge >= 0.3 is 5.97 Å². The van der Waals surface area contributed by atoms with Crippen LogP contribution in [0, 0.1) is 28.6 Å². The lowest BCUT2D eigenvalue weighted by Gasteiger charge is -2.57. The van der Waals surface area contributed by atoms with Crippen LogP contribution in [0.25, 0.3) is 0 Å². The molecule has 1 saturated carbocycles. The molecular weight excluding hydrogens is 288 g/mol. The number of hydrogen-bond donors (Lipinski definition) is 2. The van der Waals surface area contributed by atoms with Gasteiger partial charge in [0.25, 0.3) is 0 Å². The maximum atomic E-state index is 11.8. The number of aliphatic hydroxyl groups is 1. The van der Waals surface area contributed by atoms with Crippen molar-refractivity contribution in [2.45, 2.75) is 72.6 Å². The van der Waals surface area contributed by atoms with Crippen molar-refractivity contribution < 1.29 is 15.0 Å². The zero-order valence-electron chi connectivity index (χ0n) is 15.3. The number of carboxylic acids is 1.